The van der Waals surface area contributed by atoms with E-state index in [1.54, 1.807) is 48.5 Å². The van der Waals surface area contributed by atoms with Crippen LogP contribution in [0.15, 0.2) is 93.5 Å². The minimum atomic E-state index is -4.02. The molecule has 34 heavy (non-hydrogen) atoms. The smallest absolute Gasteiger partial charge is 0.234 e. The molecule has 0 saturated carbocycles. The van der Waals surface area contributed by atoms with Crippen LogP contribution in [0.1, 0.15) is 5.56 Å². The van der Waals surface area contributed by atoms with E-state index in [1.807, 2.05) is 0 Å². The third kappa shape index (κ3) is 3.92. The van der Waals surface area contributed by atoms with E-state index in [-0.39, 0.29) is 23.0 Å². The van der Waals surface area contributed by atoms with Gasteiger partial charge in [-0.05, 0) is 24.3 Å². The second-order valence-electron chi connectivity index (χ2n) is 7.25. The Morgan fingerprint density at radius 3 is 2.47 bits per heavy atom. The minimum Gasteiger partial charge on any atom is -0.492 e. The van der Waals surface area contributed by atoms with Crippen molar-refractivity contribution in [2.75, 3.05) is 0 Å². The van der Waals surface area contributed by atoms with Crippen LogP contribution in [0.5, 0.6) is 5.88 Å². The molecule has 0 atom stereocenters. The molecule has 5 rings (SSSR count). The maximum absolute atomic E-state index is 14.2. The van der Waals surface area contributed by atoms with Gasteiger partial charge in [0.1, 0.15) is 23.5 Å². The molecule has 0 saturated heterocycles. The molecular weight excluding hydrogens is 461 g/mol. The van der Waals surface area contributed by atoms with E-state index in [0.29, 0.717) is 17.0 Å². The van der Waals surface area contributed by atoms with Crippen LogP contribution in [0, 0.1) is 5.82 Å². The molecule has 0 spiro atoms. The van der Waals surface area contributed by atoms with Crippen LogP contribution in [0.2, 0.25) is 0 Å². The fraction of sp³-hybridized carbons (Fsp3) is 0.0435. The molecule has 0 aliphatic carbocycles. The predicted octanol–water partition coefficient (Wildman–Crippen LogP) is 3.72. The van der Waals surface area contributed by atoms with E-state index in [2.05, 4.69) is 20.2 Å². The van der Waals surface area contributed by atoms with Crippen LogP contribution in [0.25, 0.3) is 22.9 Å². The van der Waals surface area contributed by atoms with Crippen LogP contribution in [0.3, 0.4) is 0 Å². The number of hydrogen-bond donors (Lipinski definition) is 1. The van der Waals surface area contributed by atoms with Crippen LogP contribution in [-0.4, -0.2) is 38.4 Å². The molecule has 0 aliphatic heterocycles. The van der Waals surface area contributed by atoms with Crippen molar-refractivity contribution in [3.63, 3.8) is 0 Å². The SMILES string of the molecule is O=S(=O)(c1ccccc1)c1cnc(-c2cc(-c3ccon3)n(Cc3ccccc3F)n2)nc1O. The van der Waals surface area contributed by atoms with Crippen molar-refractivity contribution < 1.29 is 22.4 Å². The van der Waals surface area contributed by atoms with E-state index in [9.17, 15) is 17.9 Å². The van der Waals surface area contributed by atoms with Gasteiger partial charge in [-0.2, -0.15) is 10.1 Å². The quantitative estimate of drug-likeness (QED) is 0.392. The van der Waals surface area contributed by atoms with Gasteiger partial charge in [-0.25, -0.2) is 17.8 Å². The van der Waals surface area contributed by atoms with Crippen molar-refractivity contribution in [1.82, 2.24) is 24.9 Å². The number of sulfone groups is 1. The topological polar surface area (TPSA) is 124 Å². The first-order valence-electron chi connectivity index (χ1n) is 10.0. The molecule has 5 aromatic rings. The van der Waals surface area contributed by atoms with Crippen LogP contribution >= 0.6 is 0 Å². The summed E-state index contributed by atoms with van der Waals surface area (Å²) in [5.74, 6) is -1.11. The fourth-order valence-corrected chi connectivity index (χ4v) is 4.63. The highest BCUT2D eigenvalue weighted by atomic mass is 32.2. The highest BCUT2D eigenvalue weighted by Gasteiger charge is 2.25. The summed E-state index contributed by atoms with van der Waals surface area (Å²) in [7, 11) is -4.02. The van der Waals surface area contributed by atoms with Gasteiger partial charge < -0.3 is 9.63 Å². The average molecular weight is 477 g/mol. The number of aromatic hydroxyl groups is 1. The highest BCUT2D eigenvalue weighted by molar-refractivity contribution is 7.91. The molecule has 0 unspecified atom stereocenters. The molecule has 1 N–H and O–H groups in total. The lowest BCUT2D eigenvalue weighted by molar-refractivity contribution is 0.421. The molecule has 2 aromatic carbocycles. The number of benzene rings is 2. The largest absolute Gasteiger partial charge is 0.492 e. The van der Waals surface area contributed by atoms with Crippen molar-refractivity contribution in [3.8, 4) is 28.8 Å². The van der Waals surface area contributed by atoms with Crippen molar-refractivity contribution in [2.45, 2.75) is 16.3 Å². The molecule has 170 valence electrons. The number of halogens is 1. The minimum absolute atomic E-state index is 0.00383. The maximum atomic E-state index is 14.2. The van der Waals surface area contributed by atoms with Crippen molar-refractivity contribution >= 4 is 9.84 Å². The first kappa shape index (κ1) is 21.5. The number of hydrogen-bond acceptors (Lipinski definition) is 8. The summed E-state index contributed by atoms with van der Waals surface area (Å²) in [6, 6.07) is 17.2. The molecule has 9 nitrogen and oxygen atoms in total. The van der Waals surface area contributed by atoms with Gasteiger partial charge >= 0.3 is 0 Å². The predicted molar refractivity (Wildman–Crippen MR) is 118 cm³/mol. The lowest BCUT2D eigenvalue weighted by Crippen LogP contribution is -2.06. The standard InChI is InChI=1S/C23H16FN5O4S/c24-17-9-5-4-6-15(17)14-29-20(18-10-11-33-28-18)12-19(27-29)22-25-13-21(23(30)26-22)34(31,32)16-7-2-1-3-8-16/h1-13H,14H2,(H,25,26,30). The maximum Gasteiger partial charge on any atom is 0.234 e. The van der Waals surface area contributed by atoms with Gasteiger partial charge in [-0.3, -0.25) is 4.68 Å². The first-order valence-corrected chi connectivity index (χ1v) is 11.5. The monoisotopic (exact) mass is 477 g/mol. The van der Waals surface area contributed by atoms with E-state index in [0.717, 1.165) is 6.20 Å². The van der Waals surface area contributed by atoms with Crippen molar-refractivity contribution in [2.24, 2.45) is 0 Å². The zero-order valence-corrected chi connectivity index (χ0v) is 18.2. The van der Waals surface area contributed by atoms with Crippen LogP contribution < -0.4 is 0 Å². The third-order valence-electron chi connectivity index (χ3n) is 5.07. The van der Waals surface area contributed by atoms with E-state index < -0.39 is 26.4 Å². The zero-order valence-electron chi connectivity index (χ0n) is 17.4. The number of rotatable bonds is 6. The lowest BCUT2D eigenvalue weighted by Gasteiger charge is -2.07. The van der Waals surface area contributed by atoms with Gasteiger partial charge in [0, 0.05) is 11.6 Å². The summed E-state index contributed by atoms with van der Waals surface area (Å²) < 4.78 is 46.3. The van der Waals surface area contributed by atoms with Gasteiger partial charge in [0.05, 0.1) is 23.3 Å². The molecule has 0 bridgehead atoms. The van der Waals surface area contributed by atoms with Crippen molar-refractivity contribution in [3.05, 3.63) is 90.6 Å². The Morgan fingerprint density at radius 2 is 1.76 bits per heavy atom. The van der Waals surface area contributed by atoms with E-state index in [1.165, 1.54) is 29.1 Å². The van der Waals surface area contributed by atoms with Gasteiger partial charge in [-0.15, -0.1) is 0 Å². The third-order valence-corrected chi connectivity index (χ3v) is 6.83. The second kappa shape index (κ2) is 8.52. The molecule has 11 heteroatoms. The van der Waals surface area contributed by atoms with Gasteiger partial charge in [0.15, 0.2) is 10.7 Å². The van der Waals surface area contributed by atoms with Gasteiger partial charge in [0.2, 0.25) is 15.7 Å². The van der Waals surface area contributed by atoms with Gasteiger partial charge in [-0.1, -0.05) is 41.6 Å². The van der Waals surface area contributed by atoms with Crippen LogP contribution in [-0.2, 0) is 16.4 Å². The number of aromatic nitrogens is 5. The second-order valence-corrected chi connectivity index (χ2v) is 9.16. The van der Waals surface area contributed by atoms with E-state index in [4.69, 9.17) is 4.52 Å². The molecule has 0 fully saturated rings. The summed E-state index contributed by atoms with van der Waals surface area (Å²) in [6.45, 7) is 0.0846. The van der Waals surface area contributed by atoms with Gasteiger partial charge in [0.25, 0.3) is 0 Å². The Kier molecular flexibility index (Phi) is 5.38. The highest BCUT2D eigenvalue weighted by Crippen LogP contribution is 2.30. The molecule has 3 heterocycles. The van der Waals surface area contributed by atoms with E-state index >= 15 is 0 Å². The molecule has 0 amide bonds. The molecule has 3 aromatic heterocycles. The van der Waals surface area contributed by atoms with Crippen molar-refractivity contribution in [1.29, 1.82) is 0 Å². The Morgan fingerprint density at radius 1 is 1.00 bits per heavy atom. The molecule has 0 aliphatic rings. The fourth-order valence-electron chi connectivity index (χ4n) is 3.39. The normalized spacial score (nSPS) is 11.6. The first-order chi connectivity index (χ1) is 16.4. The molecule has 0 radical (unpaired) electrons. The number of nitrogens with zero attached hydrogens (tertiary/aromatic N) is 5. The Labute approximate surface area is 193 Å². The Bertz CT molecular complexity index is 1570. The summed E-state index contributed by atoms with van der Waals surface area (Å²) in [4.78, 5) is 7.66. The summed E-state index contributed by atoms with van der Waals surface area (Å²) in [5, 5.41) is 18.8. The average Bonchev–Trinajstić information content (AvgIpc) is 3.51. The summed E-state index contributed by atoms with van der Waals surface area (Å²) >= 11 is 0. The van der Waals surface area contributed by atoms with Crippen LogP contribution in [0.4, 0.5) is 4.39 Å². The zero-order chi connectivity index (χ0) is 23.7. The molecular formula is C23H16FN5O4S. The Balaban J connectivity index is 1.55. The summed E-state index contributed by atoms with van der Waals surface area (Å²) in [5.41, 5.74) is 1.57. The Hall–Kier alpha value is -4.38. The summed E-state index contributed by atoms with van der Waals surface area (Å²) in [6.07, 6.45) is 2.42. The lowest BCUT2D eigenvalue weighted by atomic mass is 10.2.